The zero-order valence-electron chi connectivity index (χ0n) is 18.8. The summed E-state index contributed by atoms with van der Waals surface area (Å²) in [5.41, 5.74) is 9.42. The van der Waals surface area contributed by atoms with Gasteiger partial charge in [0.15, 0.2) is 11.7 Å². The van der Waals surface area contributed by atoms with Gasteiger partial charge in [-0.15, -0.1) is 0 Å². The first kappa shape index (κ1) is 23.4. The van der Waals surface area contributed by atoms with E-state index in [4.69, 9.17) is 26.4 Å². The van der Waals surface area contributed by atoms with Crippen LogP contribution in [0.15, 0.2) is 48.5 Å². The highest BCUT2D eigenvalue weighted by Gasteiger charge is 2.27. The molecule has 0 saturated heterocycles. The van der Waals surface area contributed by atoms with Crippen LogP contribution in [0, 0.1) is 0 Å². The van der Waals surface area contributed by atoms with Gasteiger partial charge in [-0.25, -0.2) is 4.79 Å². The van der Waals surface area contributed by atoms with Gasteiger partial charge in [-0.1, -0.05) is 25.1 Å². The minimum absolute atomic E-state index is 0.158. The number of hydrazine groups is 1. The number of fused-ring (bicyclic) bond motifs is 1. The number of hydrogen-bond acceptors (Lipinski definition) is 6. The Balaban J connectivity index is 1.71. The summed E-state index contributed by atoms with van der Waals surface area (Å²) in [4.78, 5) is 11.6. The van der Waals surface area contributed by atoms with Crippen molar-refractivity contribution in [2.24, 2.45) is 0 Å². The van der Waals surface area contributed by atoms with Crippen LogP contribution in [-0.4, -0.2) is 29.9 Å². The van der Waals surface area contributed by atoms with E-state index in [1.807, 2.05) is 50.3 Å². The van der Waals surface area contributed by atoms with Gasteiger partial charge in [0.2, 0.25) is 0 Å². The summed E-state index contributed by atoms with van der Waals surface area (Å²) in [6.45, 7) is 7.95. The van der Waals surface area contributed by atoms with Gasteiger partial charge in [0.25, 0.3) is 0 Å². The van der Waals surface area contributed by atoms with Crippen LogP contribution in [0.1, 0.15) is 38.8 Å². The number of rotatable bonds is 8. The Morgan fingerprint density at radius 2 is 1.94 bits per heavy atom. The smallest absolute Gasteiger partial charge is 0.344 e. The topological polar surface area (TPSA) is 80.9 Å². The van der Waals surface area contributed by atoms with Crippen molar-refractivity contribution in [3.8, 4) is 11.5 Å². The van der Waals surface area contributed by atoms with E-state index in [1.165, 1.54) is 5.56 Å². The van der Waals surface area contributed by atoms with Gasteiger partial charge in [0.1, 0.15) is 17.1 Å². The highest BCUT2D eigenvalue weighted by atomic mass is 32.1. The molecule has 7 nitrogen and oxygen atoms in total. The maximum atomic E-state index is 11.6. The van der Waals surface area contributed by atoms with Crippen LogP contribution in [0.25, 0.3) is 5.70 Å². The molecule has 0 saturated carbocycles. The third kappa shape index (κ3) is 6.13. The monoisotopic (exact) mass is 455 g/mol. The lowest BCUT2D eigenvalue weighted by molar-refractivity contribution is -0.145. The number of ether oxygens (including phenoxy) is 3. The fourth-order valence-electron chi connectivity index (χ4n) is 3.31. The van der Waals surface area contributed by atoms with Crippen molar-refractivity contribution < 1.29 is 19.0 Å². The van der Waals surface area contributed by atoms with Crippen LogP contribution < -0.4 is 25.6 Å². The molecular formula is C24H29N3O4S. The normalized spacial score (nSPS) is 13.7. The summed E-state index contributed by atoms with van der Waals surface area (Å²) in [6.07, 6.45) is 2.86. The van der Waals surface area contributed by atoms with Crippen LogP contribution in [0.2, 0.25) is 0 Å². The number of benzene rings is 2. The Morgan fingerprint density at radius 1 is 1.16 bits per heavy atom. The molecule has 0 aliphatic carbocycles. The van der Waals surface area contributed by atoms with Crippen molar-refractivity contribution in [2.45, 2.75) is 39.7 Å². The first-order valence-corrected chi connectivity index (χ1v) is 11.0. The van der Waals surface area contributed by atoms with Gasteiger partial charge in [0.05, 0.1) is 12.3 Å². The third-order valence-corrected chi connectivity index (χ3v) is 4.93. The van der Waals surface area contributed by atoms with E-state index in [2.05, 4.69) is 29.2 Å². The largest absolute Gasteiger partial charge is 0.483 e. The van der Waals surface area contributed by atoms with E-state index in [0.29, 0.717) is 23.2 Å². The Bertz CT molecular complexity index is 1020. The predicted octanol–water partition coefficient (Wildman–Crippen LogP) is 4.19. The molecule has 0 unspecified atom stereocenters. The van der Waals surface area contributed by atoms with Crippen LogP contribution in [-0.2, 0) is 16.0 Å². The van der Waals surface area contributed by atoms with Crippen LogP contribution in [0.4, 0.5) is 5.69 Å². The van der Waals surface area contributed by atoms with Gasteiger partial charge in [-0.05, 0) is 75.3 Å². The quantitative estimate of drug-likeness (QED) is 0.311. The van der Waals surface area contributed by atoms with E-state index in [9.17, 15) is 4.79 Å². The molecule has 1 heterocycles. The number of carbonyl (C=O) groups is 1. The molecule has 32 heavy (non-hydrogen) atoms. The average molecular weight is 456 g/mol. The van der Waals surface area contributed by atoms with Gasteiger partial charge in [-0.3, -0.25) is 10.9 Å². The molecule has 2 aromatic carbocycles. The van der Waals surface area contributed by atoms with E-state index >= 15 is 0 Å². The zero-order chi connectivity index (χ0) is 23.1. The molecule has 0 aromatic heterocycles. The lowest BCUT2D eigenvalue weighted by atomic mass is 9.99. The first-order chi connectivity index (χ1) is 15.3. The van der Waals surface area contributed by atoms with E-state index in [1.54, 1.807) is 13.0 Å². The van der Waals surface area contributed by atoms with Crippen molar-refractivity contribution in [1.29, 1.82) is 0 Å². The van der Waals surface area contributed by atoms with Crippen LogP contribution in [0.3, 0.4) is 0 Å². The number of thiocarbonyl (C=S) groups is 1. The van der Waals surface area contributed by atoms with Gasteiger partial charge in [-0.2, -0.15) is 0 Å². The number of nitrogens with one attached hydrogen (secondary N) is 3. The Morgan fingerprint density at radius 3 is 2.69 bits per heavy atom. The minimum atomic E-state index is -0.520. The van der Waals surface area contributed by atoms with Crippen LogP contribution >= 0.6 is 12.2 Å². The van der Waals surface area contributed by atoms with Crippen molar-refractivity contribution in [1.82, 2.24) is 10.9 Å². The highest BCUT2D eigenvalue weighted by molar-refractivity contribution is 7.80. The SMILES string of the molecule is CCOC(=O)COc1ccc2c(c1)C(NNC(=S)Nc1ccccc1CC)=CC(C)(C)O2. The number of esters is 1. The molecule has 3 N–H and O–H groups in total. The Kier molecular flexibility index (Phi) is 7.58. The maximum Gasteiger partial charge on any atom is 0.344 e. The number of anilines is 1. The van der Waals surface area contributed by atoms with Gasteiger partial charge >= 0.3 is 5.97 Å². The first-order valence-electron chi connectivity index (χ1n) is 10.6. The van der Waals surface area contributed by atoms with Gasteiger partial charge in [0, 0.05) is 11.3 Å². The summed E-state index contributed by atoms with van der Waals surface area (Å²) in [6, 6.07) is 13.4. The second-order valence-corrected chi connectivity index (χ2v) is 8.14. The molecule has 170 valence electrons. The molecule has 2 aromatic rings. The Labute approximate surface area is 194 Å². The molecule has 0 fully saturated rings. The average Bonchev–Trinajstić information content (AvgIpc) is 2.76. The highest BCUT2D eigenvalue weighted by Crippen LogP contribution is 2.36. The Hall–Kier alpha value is -3.26. The molecule has 0 bridgehead atoms. The molecule has 8 heteroatoms. The summed E-state index contributed by atoms with van der Waals surface area (Å²) in [5.74, 6) is 0.813. The fourth-order valence-corrected chi connectivity index (χ4v) is 3.47. The second kappa shape index (κ2) is 10.4. The van der Waals surface area contributed by atoms with Crippen molar-refractivity contribution in [2.75, 3.05) is 18.5 Å². The zero-order valence-corrected chi connectivity index (χ0v) is 19.6. The van der Waals surface area contributed by atoms with Gasteiger partial charge < -0.3 is 19.5 Å². The summed E-state index contributed by atoms with van der Waals surface area (Å²) < 4.78 is 16.5. The second-order valence-electron chi connectivity index (χ2n) is 7.73. The van der Waals surface area contributed by atoms with Crippen molar-refractivity contribution in [3.63, 3.8) is 0 Å². The molecule has 0 radical (unpaired) electrons. The lowest BCUT2D eigenvalue weighted by Gasteiger charge is -2.31. The third-order valence-electron chi connectivity index (χ3n) is 4.73. The van der Waals surface area contributed by atoms with Crippen molar-refractivity contribution in [3.05, 3.63) is 59.7 Å². The maximum absolute atomic E-state index is 11.6. The molecule has 1 aliphatic heterocycles. The number of para-hydroxylation sites is 1. The fraction of sp³-hybridized carbons (Fsp3) is 0.333. The summed E-state index contributed by atoms with van der Waals surface area (Å²) in [5, 5.41) is 3.66. The summed E-state index contributed by atoms with van der Waals surface area (Å²) in [7, 11) is 0. The molecular weight excluding hydrogens is 426 g/mol. The van der Waals surface area contributed by atoms with Crippen LogP contribution in [0.5, 0.6) is 11.5 Å². The predicted molar refractivity (Wildman–Crippen MR) is 130 cm³/mol. The standard InChI is InChI=1S/C24H29N3O4S/c1-5-16-9-7-8-10-19(16)25-23(32)27-26-20-14-24(3,4)31-21-12-11-17(13-18(20)21)30-15-22(28)29-6-2/h7-14,26H,5-6,15H2,1-4H3,(H2,25,27,32). The molecule has 0 amide bonds. The molecule has 0 atom stereocenters. The lowest BCUT2D eigenvalue weighted by Crippen LogP contribution is -2.41. The molecule has 0 spiro atoms. The van der Waals surface area contributed by atoms with E-state index < -0.39 is 11.6 Å². The minimum Gasteiger partial charge on any atom is -0.483 e. The number of carbonyl (C=O) groups excluding carboxylic acids is 1. The molecule has 3 rings (SSSR count). The summed E-state index contributed by atoms with van der Waals surface area (Å²) >= 11 is 5.47. The van der Waals surface area contributed by atoms with E-state index in [-0.39, 0.29) is 6.61 Å². The number of hydrogen-bond donors (Lipinski definition) is 3. The van der Waals surface area contributed by atoms with E-state index in [0.717, 1.165) is 23.4 Å². The van der Waals surface area contributed by atoms with Crippen molar-refractivity contribution >= 4 is 34.7 Å². The molecule has 1 aliphatic rings. The number of aryl methyl sites for hydroxylation is 1.